The average Bonchev–Trinajstić information content (AvgIpc) is 1.85. The molecule has 4 nitrogen and oxygen atoms in total. The van der Waals surface area contributed by atoms with Crippen molar-refractivity contribution in [2.24, 2.45) is 4.99 Å². The molecule has 0 saturated carbocycles. The van der Waals surface area contributed by atoms with E-state index in [1.54, 1.807) is 13.8 Å². The van der Waals surface area contributed by atoms with Crippen molar-refractivity contribution in [3.8, 4) is 0 Å². The van der Waals surface area contributed by atoms with Gasteiger partial charge in [0.15, 0.2) is 0 Å². The predicted molar refractivity (Wildman–Crippen MR) is 34.3 cm³/mol. The monoisotopic (exact) mass is 130 g/mol. The Morgan fingerprint density at radius 1 is 1.89 bits per heavy atom. The first kappa shape index (κ1) is 8.10. The highest BCUT2D eigenvalue weighted by molar-refractivity contribution is 5.81. The molecule has 0 atom stereocenters. The Morgan fingerprint density at radius 2 is 2.56 bits per heavy atom. The van der Waals surface area contributed by atoms with Crippen LogP contribution in [0.2, 0.25) is 0 Å². The lowest BCUT2D eigenvalue weighted by atomic mass is 10.9. The predicted octanol–water partition coefficient (Wildman–Crippen LogP) is 0.738. The van der Waals surface area contributed by atoms with E-state index in [1.807, 2.05) is 0 Å². The van der Waals surface area contributed by atoms with Crippen molar-refractivity contribution in [3.63, 3.8) is 0 Å². The smallest absolute Gasteiger partial charge is 0.272 e. The van der Waals surface area contributed by atoms with Crippen molar-refractivity contribution in [3.05, 3.63) is 0 Å². The maximum atomic E-state index is 10.4. The normalized spacial score (nSPS) is 10.0. The Balaban J connectivity index is 3.27. The fraction of sp³-hybridized carbons (Fsp3) is 0.600. The van der Waals surface area contributed by atoms with Crippen LogP contribution in [0.15, 0.2) is 4.99 Å². The lowest BCUT2D eigenvalue weighted by molar-refractivity contribution is 0.0744. The molecule has 0 rings (SSSR count). The van der Waals surface area contributed by atoms with E-state index in [0.29, 0.717) is 6.61 Å². The van der Waals surface area contributed by atoms with Gasteiger partial charge in [0.25, 0.3) is 0 Å². The Labute approximate surface area is 53.9 Å². The van der Waals surface area contributed by atoms with E-state index in [1.165, 1.54) is 6.21 Å². The molecule has 0 aliphatic carbocycles. The minimum absolute atomic E-state index is 0.449. The number of nitrogens with zero attached hydrogens (tertiary/aromatic N) is 1. The Morgan fingerprint density at radius 3 is 3.00 bits per heavy atom. The molecule has 2 amide bonds. The zero-order chi connectivity index (χ0) is 7.11. The second-order valence-corrected chi connectivity index (χ2v) is 1.23. The van der Waals surface area contributed by atoms with Gasteiger partial charge in [-0.05, 0) is 13.8 Å². The standard InChI is InChI=1S/C5H10N2O2/c1-3-6-5(8)7-9-4-2/h3H,4H2,1-2H3,(H,7,8). The maximum Gasteiger partial charge on any atom is 0.364 e. The highest BCUT2D eigenvalue weighted by Gasteiger charge is 1.90. The second-order valence-electron chi connectivity index (χ2n) is 1.23. The maximum absolute atomic E-state index is 10.4. The topological polar surface area (TPSA) is 50.7 Å². The van der Waals surface area contributed by atoms with E-state index >= 15 is 0 Å². The molecule has 0 aliphatic rings. The number of carbonyl (C=O) groups excluding carboxylic acids is 1. The van der Waals surface area contributed by atoms with Crippen molar-refractivity contribution in [1.82, 2.24) is 5.48 Å². The molecule has 0 saturated heterocycles. The van der Waals surface area contributed by atoms with Gasteiger partial charge in [0.2, 0.25) is 0 Å². The highest BCUT2D eigenvalue weighted by Crippen LogP contribution is 1.71. The molecule has 0 heterocycles. The number of aliphatic imine (C=N–C) groups is 1. The Bertz CT molecular complexity index is 112. The summed E-state index contributed by atoms with van der Waals surface area (Å²) in [5.41, 5.74) is 2.10. The van der Waals surface area contributed by atoms with Gasteiger partial charge in [-0.1, -0.05) is 0 Å². The number of nitrogens with one attached hydrogen (secondary N) is 1. The van der Waals surface area contributed by atoms with E-state index in [9.17, 15) is 4.79 Å². The van der Waals surface area contributed by atoms with Crippen LogP contribution in [0.4, 0.5) is 4.79 Å². The zero-order valence-corrected chi connectivity index (χ0v) is 5.55. The fourth-order valence-corrected chi connectivity index (χ4v) is 0.278. The molecule has 0 aromatic carbocycles. The quantitative estimate of drug-likeness (QED) is 0.442. The first-order valence-electron chi connectivity index (χ1n) is 2.71. The summed E-state index contributed by atoms with van der Waals surface area (Å²) in [5.74, 6) is 0. The van der Waals surface area contributed by atoms with Gasteiger partial charge in [-0.3, -0.25) is 4.84 Å². The lowest BCUT2D eigenvalue weighted by Gasteiger charge is -1.95. The summed E-state index contributed by atoms with van der Waals surface area (Å²) in [7, 11) is 0. The largest absolute Gasteiger partial charge is 0.364 e. The van der Waals surface area contributed by atoms with Crippen LogP contribution in [-0.4, -0.2) is 18.9 Å². The number of hydrogen-bond acceptors (Lipinski definition) is 2. The first-order valence-corrected chi connectivity index (χ1v) is 2.71. The second kappa shape index (κ2) is 5.24. The summed E-state index contributed by atoms with van der Waals surface area (Å²) >= 11 is 0. The number of carbonyl (C=O) groups is 1. The van der Waals surface area contributed by atoms with Gasteiger partial charge in [0, 0.05) is 6.21 Å². The van der Waals surface area contributed by atoms with Crippen LogP contribution in [0.3, 0.4) is 0 Å². The van der Waals surface area contributed by atoms with Gasteiger partial charge in [0.1, 0.15) is 0 Å². The summed E-state index contributed by atoms with van der Waals surface area (Å²) in [6, 6.07) is -0.473. The third kappa shape index (κ3) is 4.96. The number of rotatable bonds is 2. The van der Waals surface area contributed by atoms with E-state index in [2.05, 4.69) is 15.3 Å². The minimum Gasteiger partial charge on any atom is -0.272 e. The molecule has 4 heteroatoms. The van der Waals surface area contributed by atoms with Gasteiger partial charge >= 0.3 is 6.03 Å². The third-order valence-corrected chi connectivity index (χ3v) is 0.550. The summed E-state index contributed by atoms with van der Waals surface area (Å²) in [6.07, 6.45) is 1.40. The Hall–Kier alpha value is -0.900. The molecule has 0 fully saturated rings. The van der Waals surface area contributed by atoms with Crippen LogP contribution in [0.1, 0.15) is 13.8 Å². The van der Waals surface area contributed by atoms with Gasteiger partial charge in [0.05, 0.1) is 6.61 Å². The number of hydrogen-bond donors (Lipinski definition) is 1. The lowest BCUT2D eigenvalue weighted by Crippen LogP contribution is -2.19. The molecule has 0 aliphatic heterocycles. The molecule has 0 aromatic rings. The van der Waals surface area contributed by atoms with Crippen LogP contribution in [0.25, 0.3) is 0 Å². The van der Waals surface area contributed by atoms with Crippen molar-refractivity contribution >= 4 is 12.2 Å². The van der Waals surface area contributed by atoms with Crippen LogP contribution >= 0.6 is 0 Å². The molecule has 1 N–H and O–H groups in total. The highest BCUT2D eigenvalue weighted by atomic mass is 16.7. The molecular formula is C5H10N2O2. The molecule has 0 radical (unpaired) electrons. The molecule has 0 bridgehead atoms. The number of amides is 2. The van der Waals surface area contributed by atoms with Gasteiger partial charge in [-0.25, -0.2) is 15.3 Å². The molecular weight excluding hydrogens is 120 g/mol. The van der Waals surface area contributed by atoms with Crippen molar-refractivity contribution < 1.29 is 9.63 Å². The fourth-order valence-electron chi connectivity index (χ4n) is 0.278. The minimum atomic E-state index is -0.473. The van der Waals surface area contributed by atoms with Gasteiger partial charge in [-0.15, -0.1) is 0 Å². The molecule has 0 spiro atoms. The van der Waals surface area contributed by atoms with Gasteiger partial charge < -0.3 is 0 Å². The third-order valence-electron chi connectivity index (χ3n) is 0.550. The Kier molecular flexibility index (Phi) is 4.72. The van der Waals surface area contributed by atoms with Crippen LogP contribution < -0.4 is 5.48 Å². The van der Waals surface area contributed by atoms with Gasteiger partial charge in [-0.2, -0.15) is 0 Å². The summed E-state index contributed by atoms with van der Waals surface area (Å²) in [5, 5.41) is 0. The van der Waals surface area contributed by atoms with E-state index in [0.717, 1.165) is 0 Å². The summed E-state index contributed by atoms with van der Waals surface area (Å²) < 4.78 is 0. The van der Waals surface area contributed by atoms with E-state index < -0.39 is 6.03 Å². The summed E-state index contributed by atoms with van der Waals surface area (Å²) in [6.45, 7) is 3.88. The van der Waals surface area contributed by atoms with Crippen LogP contribution in [0.5, 0.6) is 0 Å². The molecule has 52 valence electrons. The number of hydroxylamine groups is 1. The van der Waals surface area contributed by atoms with Crippen molar-refractivity contribution in [1.29, 1.82) is 0 Å². The van der Waals surface area contributed by atoms with Crippen LogP contribution in [-0.2, 0) is 4.84 Å². The van der Waals surface area contributed by atoms with Crippen LogP contribution in [0, 0.1) is 0 Å². The number of urea groups is 1. The van der Waals surface area contributed by atoms with E-state index in [-0.39, 0.29) is 0 Å². The molecule has 0 aromatic heterocycles. The zero-order valence-electron chi connectivity index (χ0n) is 5.55. The van der Waals surface area contributed by atoms with Crippen molar-refractivity contribution in [2.75, 3.05) is 6.61 Å². The molecule has 0 unspecified atom stereocenters. The van der Waals surface area contributed by atoms with E-state index in [4.69, 9.17) is 0 Å². The first-order chi connectivity index (χ1) is 4.31. The van der Waals surface area contributed by atoms with Crippen molar-refractivity contribution in [2.45, 2.75) is 13.8 Å². The average molecular weight is 130 g/mol. The SMILES string of the molecule is CC=NC(=O)NOCC. The summed E-state index contributed by atoms with van der Waals surface area (Å²) in [4.78, 5) is 18.3. The molecule has 9 heavy (non-hydrogen) atoms.